The number of para-hydroxylation sites is 1. The molecule has 2 aromatic carbocycles. The van der Waals surface area contributed by atoms with Gasteiger partial charge >= 0.3 is 0 Å². The summed E-state index contributed by atoms with van der Waals surface area (Å²) in [4.78, 5) is 19.5. The third kappa shape index (κ3) is 4.73. The van der Waals surface area contributed by atoms with Crippen LogP contribution in [0.25, 0.3) is 0 Å². The van der Waals surface area contributed by atoms with Gasteiger partial charge in [-0.05, 0) is 76.2 Å². The standard InChI is InChI=1S/C23H28ClN3OS/c1-2-25-23(28)17-10-14-26(15-11-17)12-5-13-27-19-6-3-4-7-21(19)29-22-9-8-18(24)16-20(22)27/h3-4,6-9,16-17H,2,5,10-15H2,1H3,(H,25,28). The molecule has 4 nitrogen and oxygen atoms in total. The van der Waals surface area contributed by atoms with E-state index >= 15 is 0 Å². The fraction of sp³-hybridized carbons (Fsp3) is 0.435. The smallest absolute Gasteiger partial charge is 0.223 e. The minimum Gasteiger partial charge on any atom is -0.356 e. The van der Waals surface area contributed by atoms with Crippen molar-refractivity contribution in [1.29, 1.82) is 0 Å². The molecule has 154 valence electrons. The molecule has 0 atom stereocenters. The van der Waals surface area contributed by atoms with E-state index in [0.29, 0.717) is 0 Å². The molecule has 2 heterocycles. The molecule has 6 heteroatoms. The number of benzene rings is 2. The van der Waals surface area contributed by atoms with Gasteiger partial charge in [0.2, 0.25) is 5.91 Å². The molecule has 2 aliphatic heterocycles. The fourth-order valence-corrected chi connectivity index (χ4v) is 5.48. The molecule has 1 amide bonds. The Morgan fingerprint density at radius 3 is 2.66 bits per heavy atom. The summed E-state index contributed by atoms with van der Waals surface area (Å²) >= 11 is 8.12. The molecule has 0 spiro atoms. The van der Waals surface area contributed by atoms with Gasteiger partial charge in [0.05, 0.1) is 11.4 Å². The number of hydrogen-bond donors (Lipinski definition) is 1. The maximum atomic E-state index is 12.0. The third-order valence-corrected chi connectivity index (χ3v) is 7.12. The summed E-state index contributed by atoms with van der Waals surface area (Å²) in [6.45, 7) is 6.74. The zero-order valence-electron chi connectivity index (χ0n) is 16.9. The van der Waals surface area contributed by atoms with Gasteiger partial charge in [-0.25, -0.2) is 0 Å². The highest BCUT2D eigenvalue weighted by atomic mass is 35.5. The van der Waals surface area contributed by atoms with Crippen molar-refractivity contribution < 1.29 is 4.79 Å². The van der Waals surface area contributed by atoms with Crippen molar-refractivity contribution in [1.82, 2.24) is 10.2 Å². The predicted octanol–water partition coefficient (Wildman–Crippen LogP) is 5.18. The highest BCUT2D eigenvalue weighted by molar-refractivity contribution is 7.99. The molecule has 0 bridgehead atoms. The number of hydrogen-bond acceptors (Lipinski definition) is 4. The molecule has 0 radical (unpaired) electrons. The van der Waals surface area contributed by atoms with E-state index in [9.17, 15) is 4.79 Å². The Bertz CT molecular complexity index is 867. The molecule has 0 unspecified atom stereocenters. The van der Waals surface area contributed by atoms with E-state index in [-0.39, 0.29) is 11.8 Å². The van der Waals surface area contributed by atoms with Crippen LogP contribution in [0.4, 0.5) is 11.4 Å². The predicted molar refractivity (Wildman–Crippen MR) is 121 cm³/mol. The van der Waals surface area contributed by atoms with E-state index in [1.54, 1.807) is 0 Å². The highest BCUT2D eigenvalue weighted by Gasteiger charge is 2.26. The molecule has 29 heavy (non-hydrogen) atoms. The molecule has 1 N–H and O–H groups in total. The number of carbonyl (C=O) groups is 1. The second-order valence-electron chi connectivity index (χ2n) is 7.70. The van der Waals surface area contributed by atoms with Crippen molar-refractivity contribution in [2.45, 2.75) is 36.0 Å². The second-order valence-corrected chi connectivity index (χ2v) is 9.22. The molecular formula is C23H28ClN3OS. The van der Waals surface area contributed by atoms with E-state index in [4.69, 9.17) is 11.6 Å². The number of nitrogens with zero attached hydrogens (tertiary/aromatic N) is 2. The number of nitrogens with one attached hydrogen (secondary N) is 1. The van der Waals surface area contributed by atoms with Gasteiger partial charge in [-0.2, -0.15) is 0 Å². The van der Waals surface area contributed by atoms with E-state index < -0.39 is 0 Å². The minimum absolute atomic E-state index is 0.186. The highest BCUT2D eigenvalue weighted by Crippen LogP contribution is 2.48. The van der Waals surface area contributed by atoms with Crippen LogP contribution in [-0.2, 0) is 4.79 Å². The van der Waals surface area contributed by atoms with Crippen LogP contribution >= 0.6 is 23.4 Å². The number of carbonyl (C=O) groups excluding carboxylic acids is 1. The second kappa shape index (κ2) is 9.41. The summed E-state index contributed by atoms with van der Waals surface area (Å²) < 4.78 is 0. The maximum Gasteiger partial charge on any atom is 0.223 e. The van der Waals surface area contributed by atoms with Crippen LogP contribution in [0.15, 0.2) is 52.3 Å². The van der Waals surface area contributed by atoms with Gasteiger partial charge in [-0.1, -0.05) is 35.5 Å². The van der Waals surface area contributed by atoms with E-state index in [0.717, 1.165) is 57.0 Å². The first kappa shape index (κ1) is 20.6. The Labute approximate surface area is 182 Å². The minimum atomic E-state index is 0.186. The Morgan fingerprint density at radius 1 is 1.10 bits per heavy atom. The van der Waals surface area contributed by atoms with Crippen LogP contribution in [0.3, 0.4) is 0 Å². The lowest BCUT2D eigenvalue weighted by molar-refractivity contribution is -0.126. The molecule has 1 fully saturated rings. The maximum absolute atomic E-state index is 12.0. The van der Waals surface area contributed by atoms with Crippen molar-refractivity contribution in [2.75, 3.05) is 37.6 Å². The van der Waals surface area contributed by atoms with Crippen molar-refractivity contribution in [3.05, 3.63) is 47.5 Å². The lowest BCUT2D eigenvalue weighted by atomic mass is 9.96. The van der Waals surface area contributed by atoms with Gasteiger partial charge < -0.3 is 15.1 Å². The van der Waals surface area contributed by atoms with E-state index in [2.05, 4.69) is 51.5 Å². The first-order valence-corrected chi connectivity index (χ1v) is 11.7. The zero-order valence-corrected chi connectivity index (χ0v) is 18.4. The molecule has 2 aromatic rings. The third-order valence-electron chi connectivity index (χ3n) is 5.75. The van der Waals surface area contributed by atoms with E-state index in [1.807, 2.05) is 24.8 Å². The average Bonchev–Trinajstić information content (AvgIpc) is 2.74. The number of fused-ring (bicyclic) bond motifs is 2. The van der Waals surface area contributed by atoms with Crippen LogP contribution in [0.1, 0.15) is 26.2 Å². The molecule has 0 saturated carbocycles. The summed E-state index contributed by atoms with van der Waals surface area (Å²) in [6, 6.07) is 14.8. The van der Waals surface area contributed by atoms with Crippen LogP contribution < -0.4 is 10.2 Å². The van der Waals surface area contributed by atoms with Gasteiger partial charge in [0.15, 0.2) is 0 Å². The Hall–Kier alpha value is -1.69. The fourth-order valence-electron chi connectivity index (χ4n) is 4.23. The number of anilines is 2. The van der Waals surface area contributed by atoms with Gasteiger partial charge in [0, 0.05) is 33.8 Å². The first-order valence-electron chi connectivity index (χ1n) is 10.5. The lowest BCUT2D eigenvalue weighted by Crippen LogP contribution is -2.41. The topological polar surface area (TPSA) is 35.6 Å². The quantitative estimate of drug-likeness (QED) is 0.686. The van der Waals surface area contributed by atoms with Crippen molar-refractivity contribution >= 4 is 40.6 Å². The molecule has 2 aliphatic rings. The van der Waals surface area contributed by atoms with Crippen LogP contribution in [-0.4, -0.2) is 43.5 Å². The number of halogens is 1. The molecule has 0 aromatic heterocycles. The van der Waals surface area contributed by atoms with Crippen molar-refractivity contribution in [3.63, 3.8) is 0 Å². The number of piperidine rings is 1. The summed E-state index contributed by atoms with van der Waals surface area (Å²) in [7, 11) is 0. The molecule has 4 rings (SSSR count). The molecular weight excluding hydrogens is 402 g/mol. The van der Waals surface area contributed by atoms with Crippen LogP contribution in [0.5, 0.6) is 0 Å². The lowest BCUT2D eigenvalue weighted by Gasteiger charge is -2.35. The van der Waals surface area contributed by atoms with Gasteiger partial charge in [-0.3, -0.25) is 4.79 Å². The number of rotatable bonds is 6. The van der Waals surface area contributed by atoms with Crippen molar-refractivity contribution in [3.8, 4) is 0 Å². The van der Waals surface area contributed by atoms with Gasteiger partial charge in [0.25, 0.3) is 0 Å². The summed E-state index contributed by atoms with van der Waals surface area (Å²) in [5, 5.41) is 3.74. The first-order chi connectivity index (χ1) is 14.2. The van der Waals surface area contributed by atoms with Crippen molar-refractivity contribution in [2.24, 2.45) is 5.92 Å². The number of amides is 1. The van der Waals surface area contributed by atoms with Gasteiger partial charge in [-0.15, -0.1) is 0 Å². The zero-order chi connectivity index (χ0) is 20.2. The summed E-state index contributed by atoms with van der Waals surface area (Å²) in [5.74, 6) is 0.411. The van der Waals surface area contributed by atoms with E-state index in [1.165, 1.54) is 21.2 Å². The SMILES string of the molecule is CCNC(=O)C1CCN(CCCN2c3ccccc3Sc3ccc(Cl)cc32)CC1. The van der Waals surface area contributed by atoms with Crippen LogP contribution in [0.2, 0.25) is 5.02 Å². The molecule has 0 aliphatic carbocycles. The summed E-state index contributed by atoms with van der Waals surface area (Å²) in [5.41, 5.74) is 2.47. The van der Waals surface area contributed by atoms with Gasteiger partial charge in [0.1, 0.15) is 0 Å². The Balaban J connectivity index is 1.37. The molecule has 1 saturated heterocycles. The number of likely N-dealkylation sites (tertiary alicyclic amines) is 1. The van der Waals surface area contributed by atoms with Crippen LogP contribution in [0, 0.1) is 5.92 Å². The Morgan fingerprint density at radius 2 is 1.86 bits per heavy atom. The Kier molecular flexibility index (Phi) is 6.68. The normalized spacial score (nSPS) is 17.0. The average molecular weight is 430 g/mol. The summed E-state index contributed by atoms with van der Waals surface area (Å²) in [6.07, 6.45) is 3.01. The monoisotopic (exact) mass is 429 g/mol. The largest absolute Gasteiger partial charge is 0.356 e.